The molecule has 13 heavy (non-hydrogen) atoms. The number of hydrogen-bond donors (Lipinski definition) is 0. The number of aliphatic imine (C=N–C) groups is 2. The Hall–Kier alpha value is 0.518. The Balaban J connectivity index is -0.000000500. The minimum Gasteiger partial charge on any atom is -0.147 e. The molecule has 80 valence electrons. The predicted molar refractivity (Wildman–Crippen MR) is 66.7 cm³/mol. The molecule has 0 N–H and O–H groups in total. The van der Waals surface area contributed by atoms with Crippen LogP contribution in [-0.4, -0.2) is 33.7 Å². The summed E-state index contributed by atoms with van der Waals surface area (Å²) in [6.45, 7) is 3.70. The molecule has 0 radical (unpaired) electrons. The Morgan fingerprint density at radius 1 is 1.15 bits per heavy atom. The Labute approximate surface area is 98.4 Å². The average Bonchev–Trinajstić information content (AvgIpc) is 1.96. The van der Waals surface area contributed by atoms with E-state index in [0.717, 1.165) is 13.1 Å². The van der Waals surface area contributed by atoms with Gasteiger partial charge < -0.3 is 0 Å². The smallest absolute Gasteiger partial charge is 0.147 e. The van der Waals surface area contributed by atoms with Crippen molar-refractivity contribution in [2.45, 2.75) is 30.0 Å². The third kappa shape index (κ3) is 19.1. The average molecular weight is 289 g/mol. The summed E-state index contributed by atoms with van der Waals surface area (Å²) in [7, 11) is 0. The van der Waals surface area contributed by atoms with Crippen molar-refractivity contribution in [2.24, 2.45) is 9.98 Å². The van der Waals surface area contributed by atoms with Gasteiger partial charge in [-0.3, -0.25) is 0 Å². The topological polar surface area (TPSA) is 24.7 Å². The van der Waals surface area contributed by atoms with Crippen molar-refractivity contribution in [3.63, 3.8) is 0 Å². The van der Waals surface area contributed by atoms with E-state index >= 15 is 0 Å². The van der Waals surface area contributed by atoms with Crippen molar-refractivity contribution >= 4 is 45.5 Å². The fourth-order valence-corrected chi connectivity index (χ4v) is 2.26. The van der Waals surface area contributed by atoms with E-state index in [1.165, 1.54) is 11.6 Å². The quantitative estimate of drug-likeness (QED) is 0.422. The van der Waals surface area contributed by atoms with Gasteiger partial charge in [-0.05, 0) is 0 Å². The molecule has 0 aliphatic carbocycles. The van der Waals surface area contributed by atoms with Gasteiger partial charge in [-0.25, -0.2) is 0 Å². The first-order valence-corrected chi connectivity index (χ1v) is 9.08. The minimum atomic E-state index is -0.404. The summed E-state index contributed by atoms with van der Waals surface area (Å²) < 4.78 is 0. The molecule has 0 aromatic carbocycles. The van der Waals surface area contributed by atoms with Gasteiger partial charge in [-0.2, -0.15) is 0 Å². The van der Waals surface area contributed by atoms with E-state index in [0.29, 0.717) is 0 Å². The van der Waals surface area contributed by atoms with Crippen LogP contribution in [-0.2, 0) is 0 Å². The van der Waals surface area contributed by atoms with E-state index in [2.05, 4.69) is 27.4 Å². The van der Waals surface area contributed by atoms with Gasteiger partial charge in [0.2, 0.25) is 0 Å². The molecule has 2 nitrogen and oxygen atoms in total. The van der Waals surface area contributed by atoms with Gasteiger partial charge in [0.15, 0.2) is 0 Å². The maximum Gasteiger partial charge on any atom is -0.147 e. The first-order valence-electron chi connectivity index (χ1n) is 4.00. The maximum absolute atomic E-state index is 4.04. The molecule has 5 heteroatoms. The number of halogens is 2. The molecule has 0 rings (SSSR count). The van der Waals surface area contributed by atoms with Crippen LogP contribution in [0.5, 0.6) is 0 Å². The summed E-state index contributed by atoms with van der Waals surface area (Å²) >= 11 is -0.404. The van der Waals surface area contributed by atoms with Crippen LogP contribution >= 0.6 is 24.8 Å². The van der Waals surface area contributed by atoms with Gasteiger partial charge in [-0.1, -0.05) is 0 Å². The zero-order valence-corrected chi connectivity index (χ0v) is 12.0. The van der Waals surface area contributed by atoms with Crippen LogP contribution in [0.2, 0.25) is 16.6 Å². The van der Waals surface area contributed by atoms with Crippen LogP contribution in [0.4, 0.5) is 0 Å². The SMILES string of the molecule is CCN=C=NCCC[As](C)C.Cl.Cl. The van der Waals surface area contributed by atoms with Gasteiger partial charge in [0.1, 0.15) is 0 Å². The Morgan fingerprint density at radius 3 is 2.23 bits per heavy atom. The monoisotopic (exact) mass is 288 g/mol. The summed E-state index contributed by atoms with van der Waals surface area (Å²) in [5.74, 6) is 0. The molecule has 0 heterocycles. The van der Waals surface area contributed by atoms with Gasteiger partial charge in [-0.15, -0.1) is 24.8 Å². The third-order valence-corrected chi connectivity index (χ3v) is 3.71. The van der Waals surface area contributed by atoms with E-state index in [1.54, 1.807) is 0 Å². The molecule has 0 atom stereocenters. The molecule has 0 aliphatic rings. The minimum absolute atomic E-state index is 0. The van der Waals surface area contributed by atoms with Crippen LogP contribution in [0.15, 0.2) is 9.98 Å². The van der Waals surface area contributed by atoms with E-state index in [-0.39, 0.29) is 24.8 Å². The fourth-order valence-electron chi connectivity index (χ4n) is 0.637. The molecule has 0 spiro atoms. The zero-order valence-electron chi connectivity index (χ0n) is 8.49. The van der Waals surface area contributed by atoms with Crippen molar-refractivity contribution in [3.8, 4) is 0 Å². The van der Waals surface area contributed by atoms with Gasteiger partial charge in [0.05, 0.1) is 0 Å². The molecule has 0 aromatic heterocycles. The van der Waals surface area contributed by atoms with Crippen LogP contribution in [0.25, 0.3) is 0 Å². The van der Waals surface area contributed by atoms with Gasteiger partial charge >= 0.3 is 73.7 Å². The summed E-state index contributed by atoms with van der Waals surface area (Å²) in [5.41, 5.74) is 4.74. The zero-order chi connectivity index (χ0) is 8.53. The van der Waals surface area contributed by atoms with Crippen LogP contribution in [0.3, 0.4) is 0 Å². The second-order valence-electron chi connectivity index (χ2n) is 2.61. The van der Waals surface area contributed by atoms with E-state index in [9.17, 15) is 0 Å². The summed E-state index contributed by atoms with van der Waals surface area (Å²) in [4.78, 5) is 7.92. The Bertz CT molecular complexity index is 145. The summed E-state index contributed by atoms with van der Waals surface area (Å²) in [6.07, 6.45) is 1.22. The number of rotatable bonds is 5. The van der Waals surface area contributed by atoms with Crippen molar-refractivity contribution in [3.05, 3.63) is 0 Å². The van der Waals surface area contributed by atoms with E-state index < -0.39 is 14.7 Å². The molecule has 0 aliphatic heterocycles. The molecule has 0 unspecified atom stereocenters. The first-order chi connectivity index (χ1) is 5.27. The molecule has 0 saturated heterocycles. The third-order valence-electron chi connectivity index (χ3n) is 1.17. The molecular formula is C8H19AsCl2N2. The molecule has 0 saturated carbocycles. The van der Waals surface area contributed by atoms with Gasteiger partial charge in [0, 0.05) is 0 Å². The standard InChI is InChI=1S/C8H17AsN2.2ClH/c1-4-10-8-11-7-5-6-9(2)3;;/h4-7H2,1-3H3;2*1H. The Morgan fingerprint density at radius 2 is 1.77 bits per heavy atom. The number of nitrogens with zero attached hydrogens (tertiary/aromatic N) is 2. The molecule has 0 amide bonds. The fraction of sp³-hybridized carbons (Fsp3) is 0.875. The second-order valence-corrected chi connectivity index (χ2v) is 8.08. The van der Waals surface area contributed by atoms with Crippen molar-refractivity contribution < 1.29 is 0 Å². The predicted octanol–water partition coefficient (Wildman–Crippen LogP) is 3.17. The van der Waals surface area contributed by atoms with Crippen molar-refractivity contribution in [1.29, 1.82) is 0 Å². The van der Waals surface area contributed by atoms with Crippen molar-refractivity contribution in [2.75, 3.05) is 13.1 Å². The molecular weight excluding hydrogens is 270 g/mol. The summed E-state index contributed by atoms with van der Waals surface area (Å²) in [6, 6.07) is 2.67. The first kappa shape index (κ1) is 19.1. The van der Waals surface area contributed by atoms with E-state index in [4.69, 9.17) is 0 Å². The second kappa shape index (κ2) is 15.0. The van der Waals surface area contributed by atoms with Crippen molar-refractivity contribution in [1.82, 2.24) is 0 Å². The Kier molecular flexibility index (Phi) is 22.1. The van der Waals surface area contributed by atoms with E-state index in [1.807, 2.05) is 6.92 Å². The molecule has 0 fully saturated rings. The molecule has 0 aromatic rings. The van der Waals surface area contributed by atoms with Crippen LogP contribution < -0.4 is 0 Å². The largest absolute Gasteiger partial charge is 0.147 e. The normalized spacial score (nSPS) is 8.00. The van der Waals surface area contributed by atoms with Crippen LogP contribution in [0, 0.1) is 0 Å². The van der Waals surface area contributed by atoms with Gasteiger partial charge in [0.25, 0.3) is 0 Å². The number of hydrogen-bond acceptors (Lipinski definition) is 2. The maximum atomic E-state index is 4.04. The van der Waals surface area contributed by atoms with Crippen LogP contribution in [0.1, 0.15) is 13.3 Å². The summed E-state index contributed by atoms with van der Waals surface area (Å²) in [5, 5.41) is 1.39. The molecule has 0 bridgehead atoms.